The molecule has 0 atom stereocenters. The van der Waals surface area contributed by atoms with E-state index in [-0.39, 0.29) is 0 Å². The summed E-state index contributed by atoms with van der Waals surface area (Å²) in [6.45, 7) is 2.87. The van der Waals surface area contributed by atoms with Crippen molar-refractivity contribution in [1.29, 1.82) is 5.26 Å². The van der Waals surface area contributed by atoms with Crippen molar-refractivity contribution >= 4 is 5.82 Å². The van der Waals surface area contributed by atoms with Crippen molar-refractivity contribution in [1.82, 2.24) is 4.98 Å². The second-order valence-corrected chi connectivity index (χ2v) is 3.77. The Hall–Kier alpha value is -1.56. The Morgan fingerprint density at radius 2 is 2.36 bits per heavy atom. The van der Waals surface area contributed by atoms with Gasteiger partial charge in [-0.2, -0.15) is 5.26 Å². The minimum absolute atomic E-state index is 0.655. The fourth-order valence-corrected chi connectivity index (χ4v) is 1.35. The predicted molar refractivity (Wildman–Crippen MR) is 54.9 cm³/mol. The maximum Gasteiger partial charge on any atom is 0.126 e. The maximum atomic E-state index is 8.73. The average Bonchev–Trinajstić information content (AvgIpc) is 2.98. The van der Waals surface area contributed by atoms with Crippen LogP contribution in [0.2, 0.25) is 0 Å². The third-order valence-corrected chi connectivity index (χ3v) is 2.48. The van der Waals surface area contributed by atoms with Crippen LogP contribution in [0.4, 0.5) is 5.82 Å². The number of aromatic nitrogens is 1. The van der Waals surface area contributed by atoms with Crippen LogP contribution < -0.4 is 5.32 Å². The number of anilines is 1. The van der Waals surface area contributed by atoms with E-state index in [1.165, 1.54) is 12.8 Å². The molecule has 2 rings (SSSR count). The monoisotopic (exact) mass is 187 g/mol. The highest BCUT2D eigenvalue weighted by Gasteiger charge is 2.20. The maximum absolute atomic E-state index is 8.73. The van der Waals surface area contributed by atoms with Gasteiger partial charge in [-0.3, -0.25) is 0 Å². The molecular weight excluding hydrogens is 174 g/mol. The second kappa shape index (κ2) is 3.67. The number of hydrogen-bond donors (Lipinski definition) is 1. The molecule has 0 amide bonds. The van der Waals surface area contributed by atoms with Gasteiger partial charge in [0, 0.05) is 6.54 Å². The van der Waals surface area contributed by atoms with Gasteiger partial charge in [-0.1, -0.05) is 0 Å². The molecule has 72 valence electrons. The van der Waals surface area contributed by atoms with Crippen LogP contribution in [0.5, 0.6) is 0 Å². The largest absolute Gasteiger partial charge is 0.370 e. The third kappa shape index (κ3) is 2.02. The Labute approximate surface area is 83.8 Å². The summed E-state index contributed by atoms with van der Waals surface area (Å²) < 4.78 is 0. The molecule has 1 N–H and O–H groups in total. The van der Waals surface area contributed by atoms with Gasteiger partial charge in [-0.25, -0.2) is 4.98 Å². The molecule has 14 heavy (non-hydrogen) atoms. The van der Waals surface area contributed by atoms with Gasteiger partial charge in [-0.15, -0.1) is 0 Å². The number of nitriles is 1. The van der Waals surface area contributed by atoms with Crippen LogP contribution >= 0.6 is 0 Å². The smallest absolute Gasteiger partial charge is 0.126 e. The topological polar surface area (TPSA) is 48.7 Å². The van der Waals surface area contributed by atoms with Crippen molar-refractivity contribution in [3.8, 4) is 6.07 Å². The Kier molecular flexibility index (Phi) is 2.36. The fraction of sp³-hybridized carbons (Fsp3) is 0.455. The lowest BCUT2D eigenvalue weighted by molar-refractivity contribution is 0.881. The van der Waals surface area contributed by atoms with E-state index in [2.05, 4.69) is 16.4 Å². The Morgan fingerprint density at radius 3 is 2.93 bits per heavy atom. The standard InChI is InChI=1S/C11H13N3/c1-8-10(6-12)4-5-11(14-8)13-7-9-2-3-9/h4-5,9H,2-3,7H2,1H3,(H,13,14). The number of nitrogens with zero attached hydrogens (tertiary/aromatic N) is 2. The van der Waals surface area contributed by atoms with E-state index in [4.69, 9.17) is 5.26 Å². The minimum atomic E-state index is 0.655. The molecule has 0 spiro atoms. The summed E-state index contributed by atoms with van der Waals surface area (Å²) in [5.41, 5.74) is 1.45. The zero-order chi connectivity index (χ0) is 9.97. The summed E-state index contributed by atoms with van der Waals surface area (Å²) in [5, 5.41) is 12.0. The average molecular weight is 187 g/mol. The van der Waals surface area contributed by atoms with Gasteiger partial charge in [0.05, 0.1) is 11.3 Å². The first-order chi connectivity index (χ1) is 6.79. The first kappa shape index (κ1) is 9.01. The van der Waals surface area contributed by atoms with Crippen molar-refractivity contribution in [3.05, 3.63) is 23.4 Å². The summed E-state index contributed by atoms with van der Waals surface area (Å²) in [6, 6.07) is 5.80. The molecule has 1 aliphatic rings. The number of nitrogens with one attached hydrogen (secondary N) is 1. The van der Waals surface area contributed by atoms with Gasteiger partial charge in [0.1, 0.15) is 11.9 Å². The molecule has 0 bridgehead atoms. The van der Waals surface area contributed by atoms with Gasteiger partial charge in [0.25, 0.3) is 0 Å². The number of rotatable bonds is 3. The molecule has 3 nitrogen and oxygen atoms in total. The fourth-order valence-electron chi connectivity index (χ4n) is 1.35. The Balaban J connectivity index is 2.03. The summed E-state index contributed by atoms with van der Waals surface area (Å²) in [7, 11) is 0. The summed E-state index contributed by atoms with van der Waals surface area (Å²) in [6.07, 6.45) is 2.67. The molecule has 0 saturated heterocycles. The van der Waals surface area contributed by atoms with E-state index in [1.807, 2.05) is 19.1 Å². The van der Waals surface area contributed by atoms with Crippen LogP contribution in [0.1, 0.15) is 24.1 Å². The van der Waals surface area contributed by atoms with Crippen molar-refractivity contribution < 1.29 is 0 Å². The summed E-state index contributed by atoms with van der Waals surface area (Å²) in [5.74, 6) is 1.72. The van der Waals surface area contributed by atoms with Crippen molar-refractivity contribution in [2.24, 2.45) is 5.92 Å². The molecule has 1 aromatic rings. The highest BCUT2D eigenvalue weighted by atomic mass is 15.0. The highest BCUT2D eigenvalue weighted by Crippen LogP contribution is 2.28. The third-order valence-electron chi connectivity index (χ3n) is 2.48. The molecule has 1 aromatic heterocycles. The number of hydrogen-bond acceptors (Lipinski definition) is 3. The van der Waals surface area contributed by atoms with E-state index < -0.39 is 0 Å². The van der Waals surface area contributed by atoms with E-state index in [9.17, 15) is 0 Å². The summed E-state index contributed by atoms with van der Waals surface area (Å²) in [4.78, 5) is 4.31. The molecule has 0 radical (unpaired) electrons. The first-order valence-electron chi connectivity index (χ1n) is 4.91. The zero-order valence-corrected chi connectivity index (χ0v) is 8.25. The van der Waals surface area contributed by atoms with Crippen LogP contribution in [0.15, 0.2) is 12.1 Å². The second-order valence-electron chi connectivity index (χ2n) is 3.77. The van der Waals surface area contributed by atoms with Crippen molar-refractivity contribution in [2.75, 3.05) is 11.9 Å². The number of pyridine rings is 1. The summed E-state index contributed by atoms with van der Waals surface area (Å²) >= 11 is 0. The predicted octanol–water partition coefficient (Wildman–Crippen LogP) is 2.08. The SMILES string of the molecule is Cc1nc(NCC2CC2)ccc1C#N. The van der Waals surface area contributed by atoms with Gasteiger partial charge >= 0.3 is 0 Å². The molecule has 1 saturated carbocycles. The molecule has 0 aromatic carbocycles. The quantitative estimate of drug-likeness (QED) is 0.788. The lowest BCUT2D eigenvalue weighted by Gasteiger charge is -2.05. The van der Waals surface area contributed by atoms with E-state index in [0.717, 1.165) is 24.0 Å². The Bertz CT molecular complexity index is 375. The van der Waals surface area contributed by atoms with Gasteiger partial charge in [-0.05, 0) is 37.8 Å². The highest BCUT2D eigenvalue weighted by molar-refractivity contribution is 5.42. The zero-order valence-electron chi connectivity index (χ0n) is 8.25. The van der Waals surface area contributed by atoms with Crippen LogP contribution in [0.25, 0.3) is 0 Å². The van der Waals surface area contributed by atoms with E-state index >= 15 is 0 Å². The van der Waals surface area contributed by atoms with Crippen LogP contribution in [-0.2, 0) is 0 Å². The molecule has 0 unspecified atom stereocenters. The lowest BCUT2D eigenvalue weighted by atomic mass is 10.2. The van der Waals surface area contributed by atoms with Crippen molar-refractivity contribution in [2.45, 2.75) is 19.8 Å². The Morgan fingerprint density at radius 1 is 1.57 bits per heavy atom. The normalized spacial score (nSPS) is 14.9. The molecule has 1 fully saturated rings. The molecule has 1 heterocycles. The van der Waals surface area contributed by atoms with Crippen LogP contribution in [0.3, 0.4) is 0 Å². The minimum Gasteiger partial charge on any atom is -0.370 e. The molecule has 0 aliphatic heterocycles. The lowest BCUT2D eigenvalue weighted by Crippen LogP contribution is -2.05. The van der Waals surface area contributed by atoms with Gasteiger partial charge in [0.2, 0.25) is 0 Å². The first-order valence-corrected chi connectivity index (χ1v) is 4.91. The van der Waals surface area contributed by atoms with Crippen LogP contribution in [0, 0.1) is 24.2 Å². The van der Waals surface area contributed by atoms with Gasteiger partial charge < -0.3 is 5.32 Å². The number of aryl methyl sites for hydroxylation is 1. The van der Waals surface area contributed by atoms with E-state index in [1.54, 1.807) is 0 Å². The van der Waals surface area contributed by atoms with Crippen LogP contribution in [-0.4, -0.2) is 11.5 Å². The molecule has 1 aliphatic carbocycles. The molecule has 3 heteroatoms. The van der Waals surface area contributed by atoms with Gasteiger partial charge in [0.15, 0.2) is 0 Å². The van der Waals surface area contributed by atoms with Crippen molar-refractivity contribution in [3.63, 3.8) is 0 Å². The molecular formula is C11H13N3. The van der Waals surface area contributed by atoms with E-state index in [0.29, 0.717) is 5.56 Å².